The van der Waals surface area contributed by atoms with Crippen molar-refractivity contribution in [2.45, 2.75) is 51.8 Å². The van der Waals surface area contributed by atoms with Crippen molar-refractivity contribution in [2.24, 2.45) is 5.92 Å². The van der Waals surface area contributed by atoms with Crippen molar-refractivity contribution in [1.82, 2.24) is 0 Å². The number of quaternary nitrogens is 1. The first-order valence-electron chi connectivity index (χ1n) is 4.98. The zero-order chi connectivity index (χ0) is 12.0. The van der Waals surface area contributed by atoms with E-state index in [1.165, 1.54) is 0 Å². The molecule has 0 aliphatic carbocycles. The van der Waals surface area contributed by atoms with Gasteiger partial charge in [-0.05, 0) is 27.7 Å². The molecule has 0 bridgehead atoms. The molecule has 3 atom stereocenters. The Morgan fingerprint density at radius 3 is 2.00 bits per heavy atom. The smallest absolute Gasteiger partial charge is 0.295 e. The van der Waals surface area contributed by atoms with Gasteiger partial charge in [0.25, 0.3) is 5.09 Å². The summed E-state index contributed by atoms with van der Waals surface area (Å²) in [5, 5.41) is 21.6. The average molecular weight is 218 g/mol. The summed E-state index contributed by atoms with van der Waals surface area (Å²) in [7, 11) is 0. The van der Waals surface area contributed by atoms with Gasteiger partial charge in [-0.1, -0.05) is 6.92 Å². The Morgan fingerprint density at radius 2 is 1.73 bits per heavy atom. The van der Waals surface area contributed by atoms with Crippen LogP contribution in [-0.4, -0.2) is 22.3 Å². The van der Waals surface area contributed by atoms with Gasteiger partial charge >= 0.3 is 0 Å². The van der Waals surface area contributed by atoms with Crippen LogP contribution in [0, 0.1) is 21.2 Å². The van der Waals surface area contributed by atoms with Crippen molar-refractivity contribution in [2.75, 3.05) is 0 Å². The fourth-order valence-corrected chi connectivity index (χ4v) is 2.49. The largest absolute Gasteiger partial charge is 0.633 e. The summed E-state index contributed by atoms with van der Waals surface area (Å²) in [6.45, 7) is 8.85. The maximum absolute atomic E-state index is 12.0. The molecule has 6 nitrogen and oxygen atoms in total. The minimum absolute atomic E-state index is 0.0225. The molecule has 1 N–H and O–H groups in total. The molecule has 1 saturated heterocycles. The lowest BCUT2D eigenvalue weighted by molar-refractivity contribution is -0.940. The van der Waals surface area contributed by atoms with E-state index in [1.807, 2.05) is 20.8 Å². The van der Waals surface area contributed by atoms with Crippen LogP contribution in [0.2, 0.25) is 0 Å². The summed E-state index contributed by atoms with van der Waals surface area (Å²) in [5.41, 5.74) is -1.36. The van der Waals surface area contributed by atoms with Gasteiger partial charge in [0.1, 0.15) is 5.54 Å². The van der Waals surface area contributed by atoms with Crippen LogP contribution < -0.4 is 5.06 Å². The van der Waals surface area contributed by atoms with Gasteiger partial charge in [-0.25, -0.2) is 0 Å². The zero-order valence-electron chi connectivity index (χ0n) is 9.73. The van der Waals surface area contributed by atoms with Crippen LogP contribution in [0.25, 0.3) is 0 Å². The quantitative estimate of drug-likeness (QED) is 0.406. The number of rotatable bonds is 2. The van der Waals surface area contributed by atoms with E-state index >= 15 is 0 Å². The van der Waals surface area contributed by atoms with Crippen LogP contribution >= 0.6 is 0 Å². The van der Waals surface area contributed by atoms with E-state index in [0.29, 0.717) is 0 Å². The highest BCUT2D eigenvalue weighted by molar-refractivity contribution is 4.97. The maximum atomic E-state index is 12.0. The third-order valence-electron chi connectivity index (χ3n) is 3.67. The predicted octanol–water partition coefficient (Wildman–Crippen LogP) is 0.153. The van der Waals surface area contributed by atoms with Crippen LogP contribution in [0.5, 0.6) is 0 Å². The minimum atomic E-state index is -0.808. The van der Waals surface area contributed by atoms with Crippen LogP contribution in [-0.2, 0) is 4.84 Å². The standard InChI is InChI=1S/C9H18N2O4/c1-6-7(15-11(13)14)9(4,5)10(12)8(6,2)3/h6-7,10H,1-5H3. The van der Waals surface area contributed by atoms with Crippen molar-refractivity contribution >= 4 is 0 Å². The van der Waals surface area contributed by atoms with E-state index in [-0.39, 0.29) is 11.0 Å². The first-order chi connectivity index (χ1) is 6.61. The molecule has 1 heterocycles. The summed E-state index contributed by atoms with van der Waals surface area (Å²) in [5.74, 6) is -0.162. The highest BCUT2D eigenvalue weighted by atomic mass is 17.0. The molecule has 0 aromatic rings. The van der Waals surface area contributed by atoms with E-state index in [2.05, 4.69) is 4.84 Å². The number of hydrogen-bond acceptors (Lipinski definition) is 4. The van der Waals surface area contributed by atoms with E-state index in [0.717, 1.165) is 0 Å². The van der Waals surface area contributed by atoms with Crippen LogP contribution in [0.1, 0.15) is 34.6 Å². The minimum Gasteiger partial charge on any atom is -0.633 e. The summed E-state index contributed by atoms with van der Waals surface area (Å²) in [6, 6.07) is 0. The van der Waals surface area contributed by atoms with E-state index in [4.69, 9.17) is 0 Å². The van der Waals surface area contributed by atoms with Gasteiger partial charge in [0.05, 0.1) is 5.54 Å². The fraction of sp³-hybridized carbons (Fsp3) is 1.00. The topological polar surface area (TPSA) is 79.9 Å². The second kappa shape index (κ2) is 3.31. The molecule has 0 saturated carbocycles. The van der Waals surface area contributed by atoms with Gasteiger partial charge < -0.3 is 15.1 Å². The number of nitrogens with zero attached hydrogens (tertiary/aromatic N) is 1. The molecule has 0 amide bonds. The lowest BCUT2D eigenvalue weighted by Crippen LogP contribution is -3.20. The summed E-state index contributed by atoms with van der Waals surface area (Å²) >= 11 is 0. The Labute approximate surface area is 88.9 Å². The molecular formula is C9H18N2O4. The average Bonchev–Trinajstić information content (AvgIpc) is 2.18. The summed E-state index contributed by atoms with van der Waals surface area (Å²) in [4.78, 5) is 15.0. The summed E-state index contributed by atoms with van der Waals surface area (Å²) in [6.07, 6.45) is -0.657. The molecule has 1 fully saturated rings. The van der Waals surface area contributed by atoms with Gasteiger partial charge in [-0.2, -0.15) is 0 Å². The highest BCUT2D eigenvalue weighted by Gasteiger charge is 2.59. The molecule has 1 aliphatic rings. The number of hydroxylamine groups is 2. The van der Waals surface area contributed by atoms with Crippen LogP contribution in [0.15, 0.2) is 0 Å². The third kappa shape index (κ3) is 1.68. The van der Waals surface area contributed by atoms with Crippen molar-refractivity contribution in [3.8, 4) is 0 Å². The molecular weight excluding hydrogens is 200 g/mol. The molecule has 1 rings (SSSR count). The Morgan fingerprint density at radius 1 is 1.27 bits per heavy atom. The number of nitrogens with one attached hydrogen (secondary N) is 1. The van der Waals surface area contributed by atoms with Crippen molar-refractivity contribution in [3.63, 3.8) is 0 Å². The molecule has 0 aromatic carbocycles. The van der Waals surface area contributed by atoms with Gasteiger partial charge in [-0.15, -0.1) is 10.1 Å². The normalized spacial score (nSPS) is 37.6. The SMILES string of the molecule is CC1C(O[N+](=O)[O-])C(C)(C)[NH+]([O-])C1(C)C. The fourth-order valence-electron chi connectivity index (χ4n) is 2.49. The molecule has 3 unspecified atom stereocenters. The van der Waals surface area contributed by atoms with E-state index < -0.39 is 22.3 Å². The van der Waals surface area contributed by atoms with Crippen molar-refractivity contribution in [1.29, 1.82) is 0 Å². The molecule has 6 heteroatoms. The van der Waals surface area contributed by atoms with Gasteiger partial charge in [0.15, 0.2) is 6.10 Å². The molecule has 0 radical (unpaired) electrons. The Hall–Kier alpha value is -0.880. The van der Waals surface area contributed by atoms with E-state index in [1.54, 1.807) is 13.8 Å². The van der Waals surface area contributed by atoms with Crippen LogP contribution in [0.3, 0.4) is 0 Å². The number of hydrogen-bond donors (Lipinski definition) is 1. The molecule has 88 valence electrons. The monoisotopic (exact) mass is 218 g/mol. The second-order valence-electron chi connectivity index (χ2n) is 5.31. The van der Waals surface area contributed by atoms with E-state index in [9.17, 15) is 15.3 Å². The second-order valence-corrected chi connectivity index (χ2v) is 5.31. The lowest BCUT2D eigenvalue weighted by Gasteiger charge is -2.41. The van der Waals surface area contributed by atoms with Crippen molar-refractivity contribution in [3.05, 3.63) is 15.3 Å². The molecule has 0 aromatic heterocycles. The van der Waals surface area contributed by atoms with Crippen molar-refractivity contribution < 1.29 is 15.0 Å². The Balaban J connectivity index is 3.02. The molecule has 1 aliphatic heterocycles. The first-order valence-corrected chi connectivity index (χ1v) is 4.98. The zero-order valence-corrected chi connectivity index (χ0v) is 9.73. The molecule has 15 heavy (non-hydrogen) atoms. The van der Waals surface area contributed by atoms with Gasteiger partial charge in [0.2, 0.25) is 0 Å². The lowest BCUT2D eigenvalue weighted by atomic mass is 9.86. The summed E-state index contributed by atoms with van der Waals surface area (Å²) < 4.78 is 0. The first kappa shape index (κ1) is 12.2. The van der Waals surface area contributed by atoms with Crippen LogP contribution in [0.4, 0.5) is 0 Å². The Kier molecular flexibility index (Phi) is 2.69. The highest BCUT2D eigenvalue weighted by Crippen LogP contribution is 2.33. The Bertz CT molecular complexity index is 277. The predicted molar refractivity (Wildman–Crippen MR) is 53.5 cm³/mol. The van der Waals surface area contributed by atoms with Gasteiger partial charge in [-0.3, -0.25) is 0 Å². The van der Waals surface area contributed by atoms with Gasteiger partial charge in [0, 0.05) is 5.92 Å². The maximum Gasteiger partial charge on any atom is 0.295 e. The third-order valence-corrected chi connectivity index (χ3v) is 3.67. The molecule has 0 spiro atoms.